The van der Waals surface area contributed by atoms with Gasteiger partial charge < -0.3 is 23.8 Å². The van der Waals surface area contributed by atoms with Crippen LogP contribution in [-0.2, 0) is 9.53 Å². The minimum atomic E-state index is -0.336. The Bertz CT molecular complexity index is 948. The average molecular weight is 438 g/mol. The number of carbonyl (C=O) groups excluding carboxylic acids is 1. The van der Waals surface area contributed by atoms with Crippen LogP contribution in [-0.4, -0.2) is 57.4 Å². The van der Waals surface area contributed by atoms with Gasteiger partial charge in [0.25, 0.3) is 0 Å². The van der Waals surface area contributed by atoms with Crippen molar-refractivity contribution < 1.29 is 23.7 Å². The van der Waals surface area contributed by atoms with Crippen molar-refractivity contribution in [3.63, 3.8) is 0 Å². The van der Waals surface area contributed by atoms with Gasteiger partial charge in [-0.2, -0.15) is 0 Å². The number of hydrogen-bond acceptors (Lipinski definition) is 6. The van der Waals surface area contributed by atoms with Crippen LogP contribution in [0.3, 0.4) is 0 Å². The van der Waals surface area contributed by atoms with Crippen LogP contribution < -0.4 is 14.2 Å². The lowest BCUT2D eigenvalue weighted by atomic mass is 9.99. The van der Waals surface area contributed by atoms with E-state index in [1.807, 2.05) is 36.4 Å². The molecule has 170 valence electrons. The van der Waals surface area contributed by atoms with Crippen molar-refractivity contribution in [2.75, 3.05) is 28.4 Å². The van der Waals surface area contributed by atoms with Gasteiger partial charge in [-0.1, -0.05) is 30.3 Å². The third-order valence-corrected chi connectivity index (χ3v) is 6.63. The SMILES string of the molecule is COc1cc(/C(=C\c2ccccc2)C(=O)OC2CC3CCC(C2)N3C)cc(OC)c1OC. The molecular formula is C26H31NO5. The van der Waals surface area contributed by atoms with E-state index in [1.165, 1.54) is 12.8 Å². The summed E-state index contributed by atoms with van der Waals surface area (Å²) in [5.74, 6) is 1.13. The van der Waals surface area contributed by atoms with E-state index in [1.54, 1.807) is 33.5 Å². The highest BCUT2D eigenvalue weighted by Gasteiger charge is 2.40. The Balaban J connectivity index is 1.69. The summed E-state index contributed by atoms with van der Waals surface area (Å²) < 4.78 is 22.5. The van der Waals surface area contributed by atoms with Crippen molar-refractivity contribution in [1.29, 1.82) is 0 Å². The molecule has 32 heavy (non-hydrogen) atoms. The predicted octanol–water partition coefficient (Wildman–Crippen LogP) is 4.42. The second-order valence-corrected chi connectivity index (χ2v) is 8.43. The Morgan fingerprint density at radius 3 is 2.06 bits per heavy atom. The van der Waals surface area contributed by atoms with Crippen LogP contribution in [0.25, 0.3) is 11.6 Å². The fourth-order valence-corrected chi connectivity index (χ4v) is 4.89. The zero-order chi connectivity index (χ0) is 22.7. The van der Waals surface area contributed by atoms with Gasteiger partial charge in [-0.15, -0.1) is 0 Å². The smallest absolute Gasteiger partial charge is 0.339 e. The monoisotopic (exact) mass is 437 g/mol. The molecule has 2 unspecified atom stereocenters. The summed E-state index contributed by atoms with van der Waals surface area (Å²) in [6.45, 7) is 0. The molecule has 0 amide bonds. The first-order valence-electron chi connectivity index (χ1n) is 11.0. The van der Waals surface area contributed by atoms with E-state index < -0.39 is 0 Å². The predicted molar refractivity (Wildman–Crippen MR) is 124 cm³/mol. The van der Waals surface area contributed by atoms with E-state index >= 15 is 0 Å². The van der Waals surface area contributed by atoms with Crippen molar-refractivity contribution in [3.05, 3.63) is 53.6 Å². The summed E-state index contributed by atoms with van der Waals surface area (Å²) >= 11 is 0. The summed E-state index contributed by atoms with van der Waals surface area (Å²) in [6, 6.07) is 14.3. The first-order chi connectivity index (χ1) is 15.5. The van der Waals surface area contributed by atoms with E-state index in [-0.39, 0.29) is 12.1 Å². The number of ether oxygens (including phenoxy) is 4. The quantitative estimate of drug-likeness (QED) is 0.363. The molecule has 2 saturated heterocycles. The molecule has 2 fully saturated rings. The molecule has 0 aliphatic carbocycles. The lowest BCUT2D eigenvalue weighted by molar-refractivity contribution is -0.144. The average Bonchev–Trinajstić information content (AvgIpc) is 3.02. The highest BCUT2D eigenvalue weighted by molar-refractivity contribution is 6.21. The molecule has 2 heterocycles. The first-order valence-corrected chi connectivity index (χ1v) is 11.0. The van der Waals surface area contributed by atoms with Crippen LogP contribution >= 0.6 is 0 Å². The van der Waals surface area contributed by atoms with Gasteiger partial charge in [-0.25, -0.2) is 4.79 Å². The fraction of sp³-hybridized carbons (Fsp3) is 0.423. The molecule has 6 nitrogen and oxygen atoms in total. The standard InChI is InChI=1S/C26H31NO5/c1-27-19-10-11-20(27)16-21(15-19)32-26(28)22(12-17-8-6-5-7-9-17)18-13-23(29-2)25(31-4)24(14-18)30-3/h5-9,12-14,19-21H,10-11,15-16H2,1-4H3/b22-12+. The molecule has 0 aromatic heterocycles. The maximum absolute atomic E-state index is 13.5. The van der Waals surface area contributed by atoms with E-state index in [9.17, 15) is 4.79 Å². The number of piperidine rings is 1. The second-order valence-electron chi connectivity index (χ2n) is 8.43. The molecule has 0 spiro atoms. The molecule has 0 saturated carbocycles. The van der Waals surface area contributed by atoms with Crippen LogP contribution in [0.15, 0.2) is 42.5 Å². The van der Waals surface area contributed by atoms with Gasteiger partial charge in [0, 0.05) is 24.9 Å². The molecule has 2 atom stereocenters. The number of methoxy groups -OCH3 is 3. The first kappa shape index (κ1) is 22.2. The fourth-order valence-electron chi connectivity index (χ4n) is 4.89. The lowest BCUT2D eigenvalue weighted by Gasteiger charge is -2.35. The minimum absolute atomic E-state index is 0.0718. The molecule has 2 aromatic carbocycles. The summed E-state index contributed by atoms with van der Waals surface area (Å²) in [5.41, 5.74) is 2.03. The number of esters is 1. The van der Waals surface area contributed by atoms with Crippen LogP contribution in [0.5, 0.6) is 17.2 Å². The third kappa shape index (κ3) is 4.46. The van der Waals surface area contributed by atoms with Gasteiger partial charge in [0.2, 0.25) is 5.75 Å². The minimum Gasteiger partial charge on any atom is -0.493 e. The van der Waals surface area contributed by atoms with E-state index in [4.69, 9.17) is 18.9 Å². The van der Waals surface area contributed by atoms with Crippen LogP contribution in [0.2, 0.25) is 0 Å². The number of benzene rings is 2. The zero-order valence-electron chi connectivity index (χ0n) is 19.2. The molecule has 0 N–H and O–H groups in total. The van der Waals surface area contributed by atoms with Gasteiger partial charge in [0.1, 0.15) is 6.10 Å². The van der Waals surface area contributed by atoms with E-state index in [2.05, 4.69) is 11.9 Å². The highest BCUT2D eigenvalue weighted by Crippen LogP contribution is 2.41. The number of fused-ring (bicyclic) bond motifs is 2. The van der Waals surface area contributed by atoms with Gasteiger partial charge in [-0.3, -0.25) is 0 Å². The maximum atomic E-state index is 13.5. The number of nitrogens with zero attached hydrogens (tertiary/aromatic N) is 1. The van der Waals surface area contributed by atoms with E-state index in [0.29, 0.717) is 40.5 Å². The Labute approximate surface area is 189 Å². The van der Waals surface area contributed by atoms with Crippen molar-refractivity contribution in [1.82, 2.24) is 4.90 Å². The molecule has 6 heteroatoms. The molecule has 4 rings (SSSR count). The van der Waals surface area contributed by atoms with Crippen LogP contribution in [0.1, 0.15) is 36.8 Å². The number of carbonyl (C=O) groups is 1. The molecular weight excluding hydrogens is 406 g/mol. The molecule has 2 aliphatic heterocycles. The Morgan fingerprint density at radius 1 is 0.938 bits per heavy atom. The summed E-state index contributed by atoms with van der Waals surface area (Å²) in [6.07, 6.45) is 5.90. The van der Waals surface area contributed by atoms with Crippen molar-refractivity contribution in [2.24, 2.45) is 0 Å². The highest BCUT2D eigenvalue weighted by atomic mass is 16.5. The zero-order valence-corrected chi connectivity index (χ0v) is 19.2. The maximum Gasteiger partial charge on any atom is 0.339 e. The Kier molecular flexibility index (Phi) is 6.70. The van der Waals surface area contributed by atoms with Crippen LogP contribution in [0, 0.1) is 0 Å². The number of rotatable bonds is 7. The Hall–Kier alpha value is -2.99. The van der Waals surface area contributed by atoms with Gasteiger partial charge in [-0.05, 0) is 49.2 Å². The van der Waals surface area contributed by atoms with Gasteiger partial charge in [0.15, 0.2) is 11.5 Å². The summed E-state index contributed by atoms with van der Waals surface area (Å²) in [5, 5.41) is 0. The molecule has 2 aliphatic rings. The van der Waals surface area contributed by atoms with Gasteiger partial charge in [0.05, 0.1) is 26.9 Å². The van der Waals surface area contributed by atoms with Gasteiger partial charge >= 0.3 is 5.97 Å². The largest absolute Gasteiger partial charge is 0.493 e. The normalized spacial score (nSPS) is 23.0. The number of hydrogen-bond donors (Lipinski definition) is 0. The van der Waals surface area contributed by atoms with E-state index in [0.717, 1.165) is 18.4 Å². The second kappa shape index (κ2) is 9.65. The summed E-state index contributed by atoms with van der Waals surface area (Å²) in [7, 11) is 6.86. The van der Waals surface area contributed by atoms with Crippen molar-refractivity contribution in [2.45, 2.75) is 43.9 Å². The Morgan fingerprint density at radius 2 is 1.53 bits per heavy atom. The summed E-state index contributed by atoms with van der Waals surface area (Å²) in [4.78, 5) is 15.9. The lowest BCUT2D eigenvalue weighted by Crippen LogP contribution is -2.43. The molecule has 0 radical (unpaired) electrons. The molecule has 2 bridgehead atoms. The van der Waals surface area contributed by atoms with Crippen molar-refractivity contribution >= 4 is 17.6 Å². The molecule has 2 aromatic rings. The third-order valence-electron chi connectivity index (χ3n) is 6.63. The van der Waals surface area contributed by atoms with Crippen molar-refractivity contribution in [3.8, 4) is 17.2 Å². The topological polar surface area (TPSA) is 57.2 Å². The van der Waals surface area contributed by atoms with Crippen LogP contribution in [0.4, 0.5) is 0 Å².